The molecule has 1 aromatic heterocycles. The highest BCUT2D eigenvalue weighted by Crippen LogP contribution is 2.22. The quantitative estimate of drug-likeness (QED) is 0.543. The highest BCUT2D eigenvalue weighted by Gasteiger charge is 2.09. The third-order valence-corrected chi connectivity index (χ3v) is 4.30. The molecule has 25 heavy (non-hydrogen) atoms. The molecule has 0 bridgehead atoms. The van der Waals surface area contributed by atoms with Gasteiger partial charge in [-0.1, -0.05) is 60.7 Å². The average molecular weight is 326 g/mol. The van der Waals surface area contributed by atoms with Crippen molar-refractivity contribution in [1.29, 1.82) is 0 Å². The lowest BCUT2D eigenvalue weighted by Crippen LogP contribution is -2.14. The molecule has 0 aliphatic carbocycles. The predicted octanol–water partition coefficient (Wildman–Crippen LogP) is 5.02. The summed E-state index contributed by atoms with van der Waals surface area (Å²) in [6, 6.07) is 26.1. The van der Waals surface area contributed by atoms with E-state index in [1.807, 2.05) is 72.9 Å². The summed E-state index contributed by atoms with van der Waals surface area (Å²) in [4.78, 5) is 15.6. The first-order valence-corrected chi connectivity index (χ1v) is 8.30. The molecular formula is C22H18N2O. The zero-order chi connectivity index (χ0) is 17.1. The van der Waals surface area contributed by atoms with Crippen LogP contribution in [-0.2, 0) is 11.2 Å². The number of para-hydroxylation sites is 1. The van der Waals surface area contributed by atoms with Crippen LogP contribution in [0.15, 0.2) is 85.1 Å². The van der Waals surface area contributed by atoms with Crippen LogP contribution in [0.1, 0.15) is 5.56 Å². The molecule has 0 unspecified atom stereocenters. The van der Waals surface area contributed by atoms with E-state index in [0.717, 1.165) is 27.7 Å². The minimum atomic E-state index is -0.0165. The number of benzene rings is 3. The molecule has 3 aromatic carbocycles. The molecule has 0 aliphatic rings. The lowest BCUT2D eigenvalue weighted by atomic mass is 10.1. The Morgan fingerprint density at radius 1 is 0.800 bits per heavy atom. The van der Waals surface area contributed by atoms with E-state index in [9.17, 15) is 4.79 Å². The average Bonchev–Trinajstić information content (AvgIpc) is 3.06. The van der Waals surface area contributed by atoms with Crippen molar-refractivity contribution in [2.75, 3.05) is 5.32 Å². The second-order valence-electron chi connectivity index (χ2n) is 6.03. The number of hydrogen-bond acceptors (Lipinski definition) is 1. The Labute approximate surface area is 146 Å². The SMILES string of the molecule is O=C(Cc1c[nH]c2ccccc12)Nc1ccc(-c2ccccc2)cc1. The van der Waals surface area contributed by atoms with Gasteiger partial charge in [0.1, 0.15) is 0 Å². The Morgan fingerprint density at radius 3 is 2.28 bits per heavy atom. The van der Waals surface area contributed by atoms with E-state index in [0.29, 0.717) is 6.42 Å². The molecule has 1 heterocycles. The summed E-state index contributed by atoms with van der Waals surface area (Å²) in [6.07, 6.45) is 2.26. The summed E-state index contributed by atoms with van der Waals surface area (Å²) >= 11 is 0. The number of aromatic amines is 1. The van der Waals surface area contributed by atoms with Crippen LogP contribution < -0.4 is 5.32 Å². The van der Waals surface area contributed by atoms with Crippen LogP contribution in [0.4, 0.5) is 5.69 Å². The van der Waals surface area contributed by atoms with E-state index in [2.05, 4.69) is 22.4 Å². The van der Waals surface area contributed by atoms with Crippen molar-refractivity contribution in [3.63, 3.8) is 0 Å². The van der Waals surface area contributed by atoms with Crippen molar-refractivity contribution in [2.45, 2.75) is 6.42 Å². The van der Waals surface area contributed by atoms with E-state index in [1.165, 1.54) is 5.56 Å². The largest absolute Gasteiger partial charge is 0.361 e. The summed E-state index contributed by atoms with van der Waals surface area (Å²) in [7, 11) is 0. The zero-order valence-electron chi connectivity index (χ0n) is 13.7. The van der Waals surface area contributed by atoms with Gasteiger partial charge in [0.05, 0.1) is 6.42 Å². The van der Waals surface area contributed by atoms with Crippen molar-refractivity contribution < 1.29 is 4.79 Å². The number of amides is 1. The van der Waals surface area contributed by atoms with Crippen molar-refractivity contribution in [3.8, 4) is 11.1 Å². The molecule has 2 N–H and O–H groups in total. The molecule has 4 aromatic rings. The number of carbonyl (C=O) groups is 1. The molecule has 0 saturated carbocycles. The third kappa shape index (κ3) is 3.31. The van der Waals surface area contributed by atoms with Crippen molar-refractivity contribution >= 4 is 22.5 Å². The lowest BCUT2D eigenvalue weighted by Gasteiger charge is -2.07. The van der Waals surface area contributed by atoms with E-state index in [4.69, 9.17) is 0 Å². The number of anilines is 1. The molecule has 0 radical (unpaired) electrons. The molecule has 0 fully saturated rings. The van der Waals surface area contributed by atoms with Gasteiger partial charge >= 0.3 is 0 Å². The van der Waals surface area contributed by atoms with E-state index in [1.54, 1.807) is 0 Å². The summed E-state index contributed by atoms with van der Waals surface area (Å²) < 4.78 is 0. The molecule has 4 rings (SSSR count). The van der Waals surface area contributed by atoms with Gasteiger partial charge in [-0.15, -0.1) is 0 Å². The fourth-order valence-electron chi connectivity index (χ4n) is 3.03. The number of carbonyl (C=O) groups excluding carboxylic acids is 1. The molecule has 3 heteroatoms. The summed E-state index contributed by atoms with van der Waals surface area (Å²) in [5.74, 6) is -0.0165. The predicted molar refractivity (Wildman–Crippen MR) is 103 cm³/mol. The topological polar surface area (TPSA) is 44.9 Å². The van der Waals surface area contributed by atoms with Gasteiger partial charge in [-0.2, -0.15) is 0 Å². The van der Waals surface area contributed by atoms with Gasteiger partial charge in [-0.3, -0.25) is 4.79 Å². The number of nitrogens with one attached hydrogen (secondary N) is 2. The van der Waals surface area contributed by atoms with Gasteiger partial charge in [-0.05, 0) is 34.9 Å². The Hall–Kier alpha value is -3.33. The van der Waals surface area contributed by atoms with E-state index in [-0.39, 0.29) is 5.91 Å². The first-order valence-electron chi connectivity index (χ1n) is 8.30. The maximum Gasteiger partial charge on any atom is 0.228 e. The minimum Gasteiger partial charge on any atom is -0.361 e. The van der Waals surface area contributed by atoms with Crippen molar-refractivity contribution in [1.82, 2.24) is 4.98 Å². The molecule has 122 valence electrons. The van der Waals surface area contributed by atoms with Crippen molar-refractivity contribution in [3.05, 3.63) is 90.6 Å². The maximum absolute atomic E-state index is 12.4. The lowest BCUT2D eigenvalue weighted by molar-refractivity contribution is -0.115. The van der Waals surface area contributed by atoms with Crippen LogP contribution in [0.25, 0.3) is 22.0 Å². The molecule has 3 nitrogen and oxygen atoms in total. The normalized spacial score (nSPS) is 10.7. The van der Waals surface area contributed by atoms with E-state index >= 15 is 0 Å². The Balaban J connectivity index is 1.46. The van der Waals surface area contributed by atoms with Gasteiger partial charge in [0.25, 0.3) is 0 Å². The number of hydrogen-bond donors (Lipinski definition) is 2. The molecule has 0 spiro atoms. The van der Waals surface area contributed by atoms with Crippen LogP contribution in [0.5, 0.6) is 0 Å². The van der Waals surface area contributed by atoms with Crippen LogP contribution in [0, 0.1) is 0 Å². The molecule has 0 aliphatic heterocycles. The summed E-state index contributed by atoms with van der Waals surface area (Å²) in [6.45, 7) is 0. The number of H-pyrrole nitrogens is 1. The fraction of sp³-hybridized carbons (Fsp3) is 0.0455. The molecule has 0 saturated heterocycles. The Kier molecular flexibility index (Phi) is 4.05. The maximum atomic E-state index is 12.4. The van der Waals surface area contributed by atoms with Gasteiger partial charge in [0.2, 0.25) is 5.91 Å². The first kappa shape index (κ1) is 15.2. The molecular weight excluding hydrogens is 308 g/mol. The summed E-state index contributed by atoms with van der Waals surface area (Å²) in [5.41, 5.74) is 5.17. The van der Waals surface area contributed by atoms with E-state index < -0.39 is 0 Å². The Bertz CT molecular complexity index is 1000. The molecule has 0 atom stereocenters. The minimum absolute atomic E-state index is 0.0165. The number of aromatic nitrogens is 1. The van der Waals surface area contributed by atoms with Crippen LogP contribution in [0.2, 0.25) is 0 Å². The van der Waals surface area contributed by atoms with Crippen molar-refractivity contribution in [2.24, 2.45) is 0 Å². The van der Waals surface area contributed by atoms with Gasteiger partial charge in [0.15, 0.2) is 0 Å². The van der Waals surface area contributed by atoms with Crippen LogP contribution >= 0.6 is 0 Å². The van der Waals surface area contributed by atoms with Gasteiger partial charge in [-0.25, -0.2) is 0 Å². The fourth-order valence-corrected chi connectivity index (χ4v) is 3.03. The summed E-state index contributed by atoms with van der Waals surface area (Å²) in [5, 5.41) is 4.07. The van der Waals surface area contributed by atoms with Crippen LogP contribution in [-0.4, -0.2) is 10.9 Å². The Morgan fingerprint density at radius 2 is 1.48 bits per heavy atom. The third-order valence-electron chi connectivity index (χ3n) is 4.30. The second kappa shape index (κ2) is 6.65. The first-order chi connectivity index (χ1) is 12.3. The number of rotatable bonds is 4. The highest BCUT2D eigenvalue weighted by molar-refractivity contribution is 5.95. The van der Waals surface area contributed by atoms with Gasteiger partial charge < -0.3 is 10.3 Å². The zero-order valence-corrected chi connectivity index (χ0v) is 13.7. The van der Waals surface area contributed by atoms with Crippen LogP contribution in [0.3, 0.4) is 0 Å². The highest BCUT2D eigenvalue weighted by atomic mass is 16.1. The second-order valence-corrected chi connectivity index (χ2v) is 6.03. The van der Waals surface area contributed by atoms with Gasteiger partial charge in [0, 0.05) is 22.8 Å². The molecule has 1 amide bonds. The number of fused-ring (bicyclic) bond motifs is 1. The smallest absolute Gasteiger partial charge is 0.228 e. The monoisotopic (exact) mass is 326 g/mol. The standard InChI is InChI=1S/C22H18N2O/c25-22(14-18-15-23-21-9-5-4-8-20(18)21)24-19-12-10-17(11-13-19)16-6-2-1-3-7-16/h1-13,15,23H,14H2,(H,24,25).